The standard InChI is InChI=1S/C10H9IN2O2S/c1-13-9(14)6-4-3-5-7(11)8(6)12-10(13)16(2)15/h3-5H,1-2H3. The van der Waals surface area contributed by atoms with Gasteiger partial charge in [0.2, 0.25) is 5.16 Å². The number of fused-ring (bicyclic) bond motifs is 1. The van der Waals surface area contributed by atoms with E-state index in [1.165, 1.54) is 10.8 Å². The van der Waals surface area contributed by atoms with Crippen LogP contribution in [0.25, 0.3) is 10.9 Å². The number of halogens is 1. The van der Waals surface area contributed by atoms with E-state index >= 15 is 0 Å². The summed E-state index contributed by atoms with van der Waals surface area (Å²) >= 11 is 2.12. The molecule has 0 N–H and O–H groups in total. The van der Waals surface area contributed by atoms with Crippen LogP contribution in [0.15, 0.2) is 28.2 Å². The van der Waals surface area contributed by atoms with Crippen LogP contribution in [0.2, 0.25) is 0 Å². The van der Waals surface area contributed by atoms with Crippen LogP contribution in [0.1, 0.15) is 0 Å². The molecule has 1 heterocycles. The maximum Gasteiger partial charge on any atom is 0.261 e. The zero-order valence-corrected chi connectivity index (χ0v) is 11.7. The Kier molecular flexibility index (Phi) is 3.11. The molecule has 1 aromatic heterocycles. The number of para-hydroxylation sites is 1. The van der Waals surface area contributed by atoms with Crippen molar-refractivity contribution in [2.24, 2.45) is 7.05 Å². The molecule has 0 amide bonds. The van der Waals surface area contributed by atoms with Crippen LogP contribution in [-0.4, -0.2) is 20.0 Å². The third-order valence-corrected chi connectivity index (χ3v) is 4.02. The van der Waals surface area contributed by atoms with E-state index in [0.29, 0.717) is 16.1 Å². The summed E-state index contributed by atoms with van der Waals surface area (Å²) in [5, 5.41) is 0.866. The Bertz CT molecular complexity index is 651. The zero-order chi connectivity index (χ0) is 11.9. The highest BCUT2D eigenvalue weighted by Crippen LogP contribution is 2.16. The summed E-state index contributed by atoms with van der Waals surface area (Å²) in [6.45, 7) is 0. The van der Waals surface area contributed by atoms with Crippen molar-refractivity contribution in [1.82, 2.24) is 9.55 Å². The SMILES string of the molecule is Cn1c(S(C)=O)nc2c(I)cccc2c1=O. The normalized spacial score (nSPS) is 12.9. The third kappa shape index (κ3) is 1.80. The average Bonchev–Trinajstić information content (AvgIpc) is 2.23. The molecule has 0 saturated heterocycles. The number of nitrogens with zero attached hydrogens (tertiary/aromatic N) is 2. The van der Waals surface area contributed by atoms with Gasteiger partial charge in [0.1, 0.15) is 0 Å². The fourth-order valence-electron chi connectivity index (χ4n) is 1.50. The predicted octanol–water partition coefficient (Wildman–Crippen LogP) is 1.28. The lowest BCUT2D eigenvalue weighted by Gasteiger charge is -2.07. The molecule has 4 nitrogen and oxygen atoms in total. The van der Waals surface area contributed by atoms with Gasteiger partial charge in [0.15, 0.2) is 0 Å². The van der Waals surface area contributed by atoms with Crippen LogP contribution >= 0.6 is 22.6 Å². The maximum atomic E-state index is 12.0. The average molecular weight is 348 g/mol. The summed E-state index contributed by atoms with van der Waals surface area (Å²) in [4.78, 5) is 16.3. The number of rotatable bonds is 1. The van der Waals surface area contributed by atoms with Gasteiger partial charge in [0.05, 0.1) is 21.7 Å². The molecule has 1 atom stereocenters. The smallest absolute Gasteiger partial charge is 0.261 e. The second-order valence-electron chi connectivity index (χ2n) is 3.35. The van der Waals surface area contributed by atoms with Crippen LogP contribution < -0.4 is 5.56 Å². The van der Waals surface area contributed by atoms with E-state index < -0.39 is 10.8 Å². The molecule has 1 aromatic carbocycles. The largest absolute Gasteiger partial charge is 0.288 e. The minimum atomic E-state index is -1.27. The van der Waals surface area contributed by atoms with E-state index in [1.807, 2.05) is 12.1 Å². The second kappa shape index (κ2) is 4.25. The Hall–Kier alpha value is -0.760. The molecule has 2 rings (SSSR count). The van der Waals surface area contributed by atoms with Crippen molar-refractivity contribution in [3.8, 4) is 0 Å². The molecule has 0 radical (unpaired) electrons. The first-order valence-electron chi connectivity index (χ1n) is 4.51. The zero-order valence-electron chi connectivity index (χ0n) is 8.73. The first-order valence-corrected chi connectivity index (χ1v) is 7.14. The fourth-order valence-corrected chi connectivity index (χ4v) is 2.80. The number of hydrogen-bond acceptors (Lipinski definition) is 3. The van der Waals surface area contributed by atoms with E-state index in [4.69, 9.17) is 0 Å². The Morgan fingerprint density at radius 3 is 2.75 bits per heavy atom. The summed E-state index contributed by atoms with van der Waals surface area (Å²) < 4.78 is 13.7. The molecule has 0 saturated carbocycles. The monoisotopic (exact) mass is 348 g/mol. The van der Waals surface area contributed by atoms with Gasteiger partial charge in [-0.2, -0.15) is 0 Å². The van der Waals surface area contributed by atoms with Crippen LogP contribution in [0.5, 0.6) is 0 Å². The van der Waals surface area contributed by atoms with Gasteiger partial charge in [-0.3, -0.25) is 13.6 Å². The Morgan fingerprint density at radius 1 is 1.44 bits per heavy atom. The molecule has 0 bridgehead atoms. The summed E-state index contributed by atoms with van der Waals surface area (Å²) in [6.07, 6.45) is 1.52. The van der Waals surface area contributed by atoms with Crippen molar-refractivity contribution >= 4 is 44.3 Å². The lowest BCUT2D eigenvalue weighted by Crippen LogP contribution is -2.22. The molecule has 0 fully saturated rings. The highest BCUT2D eigenvalue weighted by Gasteiger charge is 2.12. The predicted molar refractivity (Wildman–Crippen MR) is 72.0 cm³/mol. The fraction of sp³-hybridized carbons (Fsp3) is 0.200. The molecular weight excluding hydrogens is 339 g/mol. The molecule has 0 aliphatic rings. The van der Waals surface area contributed by atoms with E-state index in [9.17, 15) is 9.00 Å². The molecule has 0 spiro atoms. The summed E-state index contributed by atoms with van der Waals surface area (Å²) in [5.41, 5.74) is 0.463. The van der Waals surface area contributed by atoms with Gasteiger partial charge in [-0.05, 0) is 34.7 Å². The Labute approximate surface area is 108 Å². The van der Waals surface area contributed by atoms with Gasteiger partial charge in [-0.15, -0.1) is 0 Å². The van der Waals surface area contributed by atoms with Crippen molar-refractivity contribution in [3.63, 3.8) is 0 Å². The van der Waals surface area contributed by atoms with Gasteiger partial charge >= 0.3 is 0 Å². The molecule has 84 valence electrons. The number of aromatic nitrogens is 2. The highest BCUT2D eigenvalue weighted by atomic mass is 127. The molecular formula is C10H9IN2O2S. The number of hydrogen-bond donors (Lipinski definition) is 0. The van der Waals surface area contributed by atoms with E-state index in [0.717, 1.165) is 3.57 Å². The molecule has 16 heavy (non-hydrogen) atoms. The first kappa shape index (κ1) is 11.7. The van der Waals surface area contributed by atoms with Crippen LogP contribution in [-0.2, 0) is 17.8 Å². The van der Waals surface area contributed by atoms with Gasteiger partial charge in [0.25, 0.3) is 5.56 Å². The minimum absolute atomic E-state index is 0.159. The van der Waals surface area contributed by atoms with Crippen LogP contribution in [0.4, 0.5) is 0 Å². The quantitative estimate of drug-likeness (QED) is 0.576. The van der Waals surface area contributed by atoms with Crippen LogP contribution in [0.3, 0.4) is 0 Å². The van der Waals surface area contributed by atoms with Crippen LogP contribution in [0, 0.1) is 3.57 Å². The molecule has 1 unspecified atom stereocenters. The van der Waals surface area contributed by atoms with Gasteiger partial charge in [-0.1, -0.05) is 6.07 Å². The van der Waals surface area contributed by atoms with Crippen molar-refractivity contribution in [2.75, 3.05) is 6.26 Å². The lowest BCUT2D eigenvalue weighted by molar-refractivity contribution is 0.656. The highest BCUT2D eigenvalue weighted by molar-refractivity contribution is 14.1. The van der Waals surface area contributed by atoms with Gasteiger partial charge in [0, 0.05) is 16.9 Å². The number of benzene rings is 1. The Morgan fingerprint density at radius 2 is 2.12 bits per heavy atom. The van der Waals surface area contributed by atoms with E-state index in [-0.39, 0.29) is 5.56 Å². The van der Waals surface area contributed by atoms with Crippen molar-refractivity contribution in [3.05, 3.63) is 32.1 Å². The summed E-state index contributed by atoms with van der Waals surface area (Å²) in [7, 11) is 0.322. The third-order valence-electron chi connectivity index (χ3n) is 2.27. The summed E-state index contributed by atoms with van der Waals surface area (Å²) in [6, 6.07) is 5.42. The summed E-state index contributed by atoms with van der Waals surface area (Å²) in [5.74, 6) is 0. The van der Waals surface area contributed by atoms with Crippen molar-refractivity contribution in [2.45, 2.75) is 5.16 Å². The molecule has 6 heteroatoms. The van der Waals surface area contributed by atoms with Gasteiger partial charge < -0.3 is 0 Å². The lowest BCUT2D eigenvalue weighted by atomic mass is 10.2. The van der Waals surface area contributed by atoms with Crippen molar-refractivity contribution < 1.29 is 4.21 Å². The minimum Gasteiger partial charge on any atom is -0.288 e. The Balaban J connectivity index is 3.01. The topological polar surface area (TPSA) is 52.0 Å². The van der Waals surface area contributed by atoms with Gasteiger partial charge in [-0.25, -0.2) is 4.98 Å². The second-order valence-corrected chi connectivity index (χ2v) is 5.78. The maximum absolute atomic E-state index is 12.0. The van der Waals surface area contributed by atoms with E-state index in [1.54, 1.807) is 13.1 Å². The molecule has 0 aliphatic carbocycles. The molecule has 2 aromatic rings. The molecule has 0 aliphatic heterocycles. The first-order chi connectivity index (χ1) is 7.52. The van der Waals surface area contributed by atoms with Crippen molar-refractivity contribution in [1.29, 1.82) is 0 Å². The van der Waals surface area contributed by atoms with E-state index in [2.05, 4.69) is 27.6 Å².